The minimum absolute atomic E-state index is 0. The van der Waals surface area contributed by atoms with Crippen LogP contribution in [0.25, 0.3) is 0 Å². The Hall–Kier alpha value is 1.45. The van der Waals surface area contributed by atoms with Gasteiger partial charge in [0.25, 0.3) is 0 Å². The maximum absolute atomic E-state index is 8.07. The summed E-state index contributed by atoms with van der Waals surface area (Å²) in [6.45, 7) is 6.39. The number of rotatable bonds is 6. The van der Waals surface area contributed by atoms with Gasteiger partial charge in [0.05, 0.1) is 26.4 Å². The van der Waals surface area contributed by atoms with E-state index in [2.05, 4.69) is 0 Å². The normalized spacial score (nSPS) is 7.29. The molecule has 0 aliphatic heterocycles. The van der Waals surface area contributed by atoms with Crippen LogP contribution in [0.15, 0.2) is 0 Å². The zero-order valence-corrected chi connectivity index (χ0v) is 15.7. The molecule has 21 heavy (non-hydrogen) atoms. The van der Waals surface area contributed by atoms with E-state index in [4.69, 9.17) is 48.4 Å². The Balaban J connectivity index is -0.0000000183. The summed E-state index contributed by atoms with van der Waals surface area (Å²) < 4.78 is 9.47. The average molecular weight is 551 g/mol. The fourth-order valence-electron chi connectivity index (χ4n) is 0.418. The predicted molar refractivity (Wildman–Crippen MR) is 93.3 cm³/mol. The van der Waals surface area contributed by atoms with Crippen molar-refractivity contribution < 1.29 is 38.6 Å². The Morgan fingerprint density at radius 1 is 0.810 bits per heavy atom. The van der Waals surface area contributed by atoms with Crippen LogP contribution in [-0.4, -0.2) is 72.2 Å². The van der Waals surface area contributed by atoms with Gasteiger partial charge in [-0.15, -0.1) is 0 Å². The molecule has 0 saturated heterocycles. The van der Waals surface area contributed by atoms with Crippen molar-refractivity contribution in [1.29, 1.82) is 0 Å². The standard InChI is InChI=1S/2C4H10O2.2CH4.2B.3ClH.Ir.H2O/c2*1-2-6-4-3-5;;;;;;;;;/h2*5H,2-4H2,1H3;2*1H4;;;3*1H;;1H2/q;;;;;;;;;+3;/p-3. The number of hydrogen-bond acceptors (Lipinski definition) is 4. The molecule has 0 saturated carbocycles. The van der Waals surface area contributed by atoms with Crippen molar-refractivity contribution in [3.05, 3.63) is 0 Å². The van der Waals surface area contributed by atoms with Crippen LogP contribution in [0.3, 0.4) is 0 Å². The number of halogens is 3. The first-order valence-electron chi connectivity index (χ1n) is 4.58. The summed E-state index contributed by atoms with van der Waals surface area (Å²) in [5.41, 5.74) is 0. The quantitative estimate of drug-likeness (QED) is 0.390. The van der Waals surface area contributed by atoms with Crippen LogP contribution in [0.5, 0.6) is 0 Å². The molecule has 5 nitrogen and oxygen atoms in total. The van der Waals surface area contributed by atoms with E-state index in [1.165, 1.54) is 0 Å². The second-order valence-electron chi connectivity index (χ2n) is 1.98. The van der Waals surface area contributed by atoms with Crippen molar-refractivity contribution in [2.45, 2.75) is 28.7 Å². The molecule has 0 aliphatic rings. The maximum atomic E-state index is 8.07. The topological polar surface area (TPSA) is 90.4 Å². The Morgan fingerprint density at radius 3 is 1.05 bits per heavy atom. The van der Waals surface area contributed by atoms with Crippen molar-refractivity contribution in [3.63, 3.8) is 0 Å². The molecule has 0 spiro atoms. The van der Waals surface area contributed by atoms with Gasteiger partial charge in [0.15, 0.2) is 0 Å². The summed E-state index contributed by atoms with van der Waals surface area (Å²) in [6, 6.07) is 0. The molecule has 0 aromatic carbocycles. The molecular formula is C10H30B2Cl3IrO5. The van der Waals surface area contributed by atoms with Gasteiger partial charge in [0.2, 0.25) is 0 Å². The Bertz CT molecular complexity index is 96.0. The molecular weight excluding hydrogens is 520 g/mol. The number of ether oxygens (including phenoxy) is 2. The van der Waals surface area contributed by atoms with E-state index in [0.717, 1.165) is 0 Å². The third-order valence-corrected chi connectivity index (χ3v) is 0.879. The first-order valence-corrected chi connectivity index (χ1v) is 13.5. The SMILES string of the molecule is C.C.CCOCCO.CCOCCO.O.[B].[B].[Cl][Ir]([Cl])[Cl]. The molecule has 4 N–H and O–H groups in total. The van der Waals surface area contributed by atoms with E-state index in [1.807, 2.05) is 13.8 Å². The molecule has 0 aromatic rings. The van der Waals surface area contributed by atoms with Gasteiger partial charge in [-0.05, 0) is 13.8 Å². The Kier molecular flexibility index (Phi) is 136. The van der Waals surface area contributed by atoms with Crippen molar-refractivity contribution in [2.24, 2.45) is 0 Å². The van der Waals surface area contributed by atoms with Crippen LogP contribution in [0.1, 0.15) is 28.7 Å². The molecule has 0 amide bonds. The third kappa shape index (κ3) is 146. The second-order valence-corrected chi connectivity index (χ2v) is 12.4. The van der Waals surface area contributed by atoms with Gasteiger partial charge in [-0.25, -0.2) is 0 Å². The van der Waals surface area contributed by atoms with E-state index in [-0.39, 0.29) is 50.4 Å². The number of aliphatic hydroxyl groups excluding tert-OH is 2. The predicted octanol–water partition coefficient (Wildman–Crippen LogP) is 1.78. The Labute approximate surface area is 152 Å². The van der Waals surface area contributed by atoms with Crippen molar-refractivity contribution >= 4 is 45.6 Å². The van der Waals surface area contributed by atoms with Crippen LogP contribution in [-0.2, 0) is 22.9 Å². The van der Waals surface area contributed by atoms with Crippen molar-refractivity contribution in [2.75, 3.05) is 39.6 Å². The minimum atomic E-state index is -1.92. The monoisotopic (exact) mass is 550 g/mol. The number of aliphatic hydroxyl groups is 2. The van der Waals surface area contributed by atoms with E-state index >= 15 is 0 Å². The summed E-state index contributed by atoms with van der Waals surface area (Å²) in [4.78, 5) is 0. The van der Waals surface area contributed by atoms with E-state index in [0.29, 0.717) is 26.4 Å². The van der Waals surface area contributed by atoms with Gasteiger partial charge in [-0.1, -0.05) is 14.9 Å². The molecule has 0 rings (SSSR count). The van der Waals surface area contributed by atoms with E-state index < -0.39 is 13.5 Å². The summed E-state index contributed by atoms with van der Waals surface area (Å²) in [5.74, 6) is 0. The summed E-state index contributed by atoms with van der Waals surface area (Å²) in [7, 11) is 14.9. The zero-order chi connectivity index (χ0) is 13.2. The van der Waals surface area contributed by atoms with E-state index in [9.17, 15) is 0 Å². The van der Waals surface area contributed by atoms with Gasteiger partial charge in [0.1, 0.15) is 0 Å². The van der Waals surface area contributed by atoms with Crippen LogP contribution >= 0.6 is 28.8 Å². The van der Waals surface area contributed by atoms with Crippen LogP contribution in [0.2, 0.25) is 0 Å². The Morgan fingerprint density at radius 2 is 1.00 bits per heavy atom. The van der Waals surface area contributed by atoms with Crippen LogP contribution in [0, 0.1) is 0 Å². The van der Waals surface area contributed by atoms with Crippen LogP contribution < -0.4 is 0 Å². The van der Waals surface area contributed by atoms with E-state index in [1.54, 1.807) is 0 Å². The molecule has 0 fully saturated rings. The van der Waals surface area contributed by atoms with Gasteiger partial charge in [-0.2, -0.15) is 0 Å². The summed E-state index contributed by atoms with van der Waals surface area (Å²) >= 11 is -1.92. The first-order chi connectivity index (χ1) is 7.56. The summed E-state index contributed by atoms with van der Waals surface area (Å²) in [6.07, 6.45) is 0. The number of hydrogen-bond donors (Lipinski definition) is 2. The first kappa shape index (κ1) is 49.5. The molecule has 0 unspecified atom stereocenters. The molecule has 0 aliphatic carbocycles. The fourth-order valence-corrected chi connectivity index (χ4v) is 0.418. The molecule has 0 atom stereocenters. The van der Waals surface area contributed by atoms with Gasteiger partial charge in [-0.3, -0.25) is 0 Å². The van der Waals surface area contributed by atoms with Gasteiger partial charge < -0.3 is 25.2 Å². The van der Waals surface area contributed by atoms with Crippen LogP contribution in [0.4, 0.5) is 0 Å². The second kappa shape index (κ2) is 57.9. The zero-order valence-electron chi connectivity index (χ0n) is 11.1. The average Bonchev–Trinajstić information content (AvgIpc) is 2.23. The molecule has 6 radical (unpaired) electrons. The summed E-state index contributed by atoms with van der Waals surface area (Å²) in [5, 5.41) is 16.1. The fraction of sp³-hybridized carbons (Fsp3) is 1.00. The molecule has 0 aromatic heterocycles. The van der Waals surface area contributed by atoms with Gasteiger partial charge in [0, 0.05) is 30.0 Å². The molecule has 11 heteroatoms. The van der Waals surface area contributed by atoms with Crippen molar-refractivity contribution in [1.82, 2.24) is 0 Å². The molecule has 136 valence electrons. The molecule has 0 bridgehead atoms. The van der Waals surface area contributed by atoms with Crippen molar-refractivity contribution in [3.8, 4) is 0 Å². The molecule has 0 heterocycles. The third-order valence-electron chi connectivity index (χ3n) is 0.879. The van der Waals surface area contributed by atoms with Gasteiger partial charge >= 0.3 is 42.2 Å².